The number of nitrogens with two attached hydrogens (primary N) is 2. The summed E-state index contributed by atoms with van der Waals surface area (Å²) >= 11 is 0. The highest BCUT2D eigenvalue weighted by Gasteiger charge is 2.38. The zero-order chi connectivity index (χ0) is 18.4. The molecule has 0 saturated carbocycles. The fraction of sp³-hybridized carbons (Fsp3) is 0.733. The first-order chi connectivity index (χ1) is 11.2. The molecule has 0 aliphatic carbocycles. The molecule has 4 atom stereocenters. The van der Waals surface area contributed by atoms with Crippen LogP contribution in [0.3, 0.4) is 0 Å². The van der Waals surface area contributed by atoms with E-state index in [1.54, 1.807) is 0 Å². The first kappa shape index (κ1) is 19.9. The van der Waals surface area contributed by atoms with Gasteiger partial charge in [0.05, 0.1) is 12.5 Å². The maximum absolute atomic E-state index is 12.5. The molecule has 9 nitrogen and oxygen atoms in total. The Labute approximate surface area is 140 Å². The summed E-state index contributed by atoms with van der Waals surface area (Å²) < 4.78 is 0. The average Bonchev–Trinajstić information content (AvgIpc) is 3.00. The third-order valence-electron chi connectivity index (χ3n) is 4.42. The molecule has 1 fully saturated rings. The number of amides is 3. The third-order valence-corrected chi connectivity index (χ3v) is 4.42. The van der Waals surface area contributed by atoms with Crippen LogP contribution >= 0.6 is 0 Å². The van der Waals surface area contributed by atoms with Gasteiger partial charge < -0.3 is 26.8 Å². The van der Waals surface area contributed by atoms with Gasteiger partial charge in [-0.3, -0.25) is 19.2 Å². The second kappa shape index (κ2) is 8.62. The maximum Gasteiger partial charge on any atom is 0.305 e. The number of hydrogen-bond donors (Lipinski definition) is 4. The molecule has 1 saturated heterocycles. The minimum absolute atomic E-state index is 0.0211. The van der Waals surface area contributed by atoms with Crippen LogP contribution in [0.5, 0.6) is 0 Å². The minimum Gasteiger partial charge on any atom is -0.481 e. The first-order valence-corrected chi connectivity index (χ1v) is 8.06. The Kier molecular flexibility index (Phi) is 7.15. The van der Waals surface area contributed by atoms with Crippen molar-refractivity contribution in [2.24, 2.45) is 17.4 Å². The molecule has 6 N–H and O–H groups in total. The standard InChI is InChI=1S/C15H26N4O5/c1-3-8(2)12(16)15(24)19-6-4-5-10(19)14(23)18-9(13(17)22)7-11(20)21/h8-10,12H,3-7,16H2,1-2H3,(H2,17,22)(H,18,23)(H,20,21)/t8-,9-,10-,12-/m0/s1. The van der Waals surface area contributed by atoms with Crippen LogP contribution in [0.15, 0.2) is 0 Å². The number of carboxylic acids is 1. The predicted octanol–water partition coefficient (Wildman–Crippen LogP) is -1.20. The van der Waals surface area contributed by atoms with Gasteiger partial charge in [-0.2, -0.15) is 0 Å². The number of nitrogens with one attached hydrogen (secondary N) is 1. The molecule has 0 aromatic rings. The van der Waals surface area contributed by atoms with E-state index in [1.165, 1.54) is 4.90 Å². The summed E-state index contributed by atoms with van der Waals surface area (Å²) in [5.41, 5.74) is 11.1. The van der Waals surface area contributed by atoms with Crippen molar-refractivity contribution in [1.29, 1.82) is 0 Å². The Morgan fingerprint density at radius 3 is 2.46 bits per heavy atom. The molecule has 24 heavy (non-hydrogen) atoms. The zero-order valence-electron chi connectivity index (χ0n) is 14.0. The fourth-order valence-corrected chi connectivity index (χ4v) is 2.66. The molecule has 0 unspecified atom stereocenters. The van der Waals surface area contributed by atoms with Crippen LogP contribution in [0.25, 0.3) is 0 Å². The normalized spacial score (nSPS) is 21.0. The number of carbonyl (C=O) groups excluding carboxylic acids is 3. The summed E-state index contributed by atoms with van der Waals surface area (Å²) in [7, 11) is 0. The van der Waals surface area contributed by atoms with Crippen molar-refractivity contribution in [2.75, 3.05) is 6.54 Å². The predicted molar refractivity (Wildman–Crippen MR) is 85.5 cm³/mol. The third kappa shape index (κ3) is 4.92. The van der Waals surface area contributed by atoms with E-state index in [0.29, 0.717) is 19.4 Å². The second-order valence-electron chi connectivity index (χ2n) is 6.16. The fourth-order valence-electron chi connectivity index (χ4n) is 2.66. The molecular formula is C15H26N4O5. The molecule has 9 heteroatoms. The number of hydrogen-bond acceptors (Lipinski definition) is 5. The Morgan fingerprint density at radius 1 is 1.33 bits per heavy atom. The number of carbonyl (C=O) groups is 4. The summed E-state index contributed by atoms with van der Waals surface area (Å²) in [6, 6.07) is -2.77. The van der Waals surface area contributed by atoms with Gasteiger partial charge in [0.1, 0.15) is 12.1 Å². The summed E-state index contributed by atoms with van der Waals surface area (Å²) in [6.07, 6.45) is 1.20. The number of nitrogens with zero attached hydrogens (tertiary/aromatic N) is 1. The molecule has 0 radical (unpaired) electrons. The molecular weight excluding hydrogens is 316 g/mol. The highest BCUT2D eigenvalue weighted by atomic mass is 16.4. The molecule has 0 aromatic carbocycles. The van der Waals surface area contributed by atoms with E-state index in [1.807, 2.05) is 13.8 Å². The van der Waals surface area contributed by atoms with Crippen LogP contribution in [0.2, 0.25) is 0 Å². The van der Waals surface area contributed by atoms with Gasteiger partial charge >= 0.3 is 5.97 Å². The summed E-state index contributed by atoms with van der Waals surface area (Å²) in [4.78, 5) is 48.3. The van der Waals surface area contributed by atoms with Crippen molar-refractivity contribution in [3.8, 4) is 0 Å². The van der Waals surface area contributed by atoms with Crippen molar-refractivity contribution in [3.05, 3.63) is 0 Å². The maximum atomic E-state index is 12.5. The van der Waals surface area contributed by atoms with Gasteiger partial charge in [-0.1, -0.05) is 20.3 Å². The summed E-state index contributed by atoms with van der Waals surface area (Å²) in [5, 5.41) is 11.1. The summed E-state index contributed by atoms with van der Waals surface area (Å²) in [6.45, 7) is 4.19. The molecule has 0 spiro atoms. The van der Waals surface area contributed by atoms with Crippen LogP contribution < -0.4 is 16.8 Å². The van der Waals surface area contributed by atoms with E-state index in [9.17, 15) is 19.2 Å². The molecule has 1 aliphatic heterocycles. The largest absolute Gasteiger partial charge is 0.481 e. The smallest absolute Gasteiger partial charge is 0.305 e. The Balaban J connectivity index is 2.79. The quantitative estimate of drug-likeness (QED) is 0.434. The first-order valence-electron chi connectivity index (χ1n) is 8.06. The Morgan fingerprint density at radius 2 is 1.96 bits per heavy atom. The van der Waals surface area contributed by atoms with Crippen LogP contribution in [0.1, 0.15) is 39.5 Å². The lowest BCUT2D eigenvalue weighted by Crippen LogP contribution is -2.55. The van der Waals surface area contributed by atoms with E-state index in [4.69, 9.17) is 16.6 Å². The molecule has 0 bridgehead atoms. The van der Waals surface area contributed by atoms with Gasteiger partial charge in [-0.05, 0) is 18.8 Å². The van der Waals surface area contributed by atoms with Gasteiger partial charge in [0.15, 0.2) is 0 Å². The van der Waals surface area contributed by atoms with E-state index < -0.39 is 42.3 Å². The highest BCUT2D eigenvalue weighted by Crippen LogP contribution is 2.20. The number of likely N-dealkylation sites (tertiary alicyclic amines) is 1. The van der Waals surface area contributed by atoms with Gasteiger partial charge in [-0.15, -0.1) is 0 Å². The van der Waals surface area contributed by atoms with Crippen LogP contribution in [-0.4, -0.2) is 58.4 Å². The van der Waals surface area contributed by atoms with Crippen molar-refractivity contribution in [3.63, 3.8) is 0 Å². The van der Waals surface area contributed by atoms with Crippen molar-refractivity contribution in [1.82, 2.24) is 10.2 Å². The SMILES string of the molecule is CC[C@H](C)[C@H](N)C(=O)N1CCC[C@H]1C(=O)N[C@@H](CC(=O)O)C(N)=O. The Hall–Kier alpha value is -2.16. The zero-order valence-corrected chi connectivity index (χ0v) is 14.0. The second-order valence-corrected chi connectivity index (χ2v) is 6.16. The molecule has 0 aromatic heterocycles. The number of carboxylic acid groups (broad SMARTS) is 1. The van der Waals surface area contributed by atoms with Crippen molar-refractivity contribution >= 4 is 23.7 Å². The van der Waals surface area contributed by atoms with Crippen molar-refractivity contribution in [2.45, 2.75) is 57.7 Å². The Bertz CT molecular complexity index is 510. The van der Waals surface area contributed by atoms with Gasteiger partial charge in [-0.25, -0.2) is 0 Å². The lowest BCUT2D eigenvalue weighted by molar-refractivity contribution is -0.143. The molecule has 3 amide bonds. The molecule has 1 rings (SSSR count). The number of primary amides is 1. The summed E-state index contributed by atoms with van der Waals surface area (Å²) in [5.74, 6) is -3.10. The molecule has 1 heterocycles. The van der Waals surface area contributed by atoms with Gasteiger partial charge in [0, 0.05) is 6.54 Å². The van der Waals surface area contributed by atoms with Crippen LogP contribution in [0.4, 0.5) is 0 Å². The molecule has 136 valence electrons. The van der Waals surface area contributed by atoms with E-state index >= 15 is 0 Å². The van der Waals surface area contributed by atoms with E-state index in [-0.39, 0.29) is 11.8 Å². The van der Waals surface area contributed by atoms with Crippen LogP contribution in [0, 0.1) is 5.92 Å². The van der Waals surface area contributed by atoms with Gasteiger partial charge in [0.2, 0.25) is 17.7 Å². The van der Waals surface area contributed by atoms with E-state index in [0.717, 1.165) is 6.42 Å². The minimum atomic E-state index is -1.31. The number of rotatable bonds is 8. The monoisotopic (exact) mass is 342 g/mol. The highest BCUT2D eigenvalue weighted by molar-refractivity contribution is 5.94. The van der Waals surface area contributed by atoms with Crippen LogP contribution in [-0.2, 0) is 19.2 Å². The van der Waals surface area contributed by atoms with Crippen molar-refractivity contribution < 1.29 is 24.3 Å². The lowest BCUT2D eigenvalue weighted by atomic mass is 9.98. The average molecular weight is 342 g/mol. The molecule has 1 aliphatic rings. The van der Waals surface area contributed by atoms with Gasteiger partial charge in [0.25, 0.3) is 0 Å². The van der Waals surface area contributed by atoms with E-state index in [2.05, 4.69) is 5.32 Å². The number of aliphatic carboxylic acids is 1. The lowest BCUT2D eigenvalue weighted by Gasteiger charge is -2.29. The topological polar surface area (TPSA) is 156 Å².